The summed E-state index contributed by atoms with van der Waals surface area (Å²) < 4.78 is 37.6. The maximum Gasteiger partial charge on any atom is 0.416 e. The molecule has 0 bridgehead atoms. The maximum absolute atomic E-state index is 12.5. The van der Waals surface area contributed by atoms with Crippen LogP contribution in [-0.2, 0) is 11.8 Å². The van der Waals surface area contributed by atoms with Gasteiger partial charge in [-0.1, -0.05) is 26.0 Å². The predicted octanol–water partition coefficient (Wildman–Crippen LogP) is 2.77. The molecule has 1 saturated heterocycles. The van der Waals surface area contributed by atoms with Gasteiger partial charge in [-0.25, -0.2) is 0 Å². The summed E-state index contributed by atoms with van der Waals surface area (Å²) in [7, 11) is 0. The summed E-state index contributed by atoms with van der Waals surface area (Å²) in [6, 6.07) is 4.85. The standard InChI is InChI=1S/C14H18F3NO/c1-9-7-18-8-10(2)13(9,19)11-3-5-12(6-4-11)14(15,16)17/h3-6,9-10,18-19H,7-8H2,1-2H3/t9-,10+,13+. The van der Waals surface area contributed by atoms with E-state index in [1.54, 1.807) is 0 Å². The average molecular weight is 273 g/mol. The number of rotatable bonds is 1. The quantitative estimate of drug-likeness (QED) is 0.824. The van der Waals surface area contributed by atoms with Crippen molar-refractivity contribution in [3.63, 3.8) is 0 Å². The van der Waals surface area contributed by atoms with Crippen molar-refractivity contribution in [2.75, 3.05) is 13.1 Å². The minimum absolute atomic E-state index is 0.0482. The molecule has 106 valence electrons. The second kappa shape index (κ2) is 4.80. The van der Waals surface area contributed by atoms with E-state index in [4.69, 9.17) is 0 Å². The molecule has 0 aromatic heterocycles. The van der Waals surface area contributed by atoms with Crippen LogP contribution in [0, 0.1) is 11.8 Å². The zero-order valence-electron chi connectivity index (χ0n) is 11.0. The van der Waals surface area contributed by atoms with Crippen molar-refractivity contribution in [2.24, 2.45) is 11.8 Å². The molecule has 0 amide bonds. The Balaban J connectivity index is 2.35. The lowest BCUT2D eigenvalue weighted by Gasteiger charge is -2.44. The molecule has 0 saturated carbocycles. The third-order valence-electron chi connectivity index (χ3n) is 4.08. The van der Waals surface area contributed by atoms with Crippen LogP contribution < -0.4 is 5.32 Å². The fourth-order valence-electron chi connectivity index (χ4n) is 2.81. The van der Waals surface area contributed by atoms with Crippen molar-refractivity contribution >= 4 is 0 Å². The van der Waals surface area contributed by atoms with Gasteiger partial charge in [-0.05, 0) is 17.7 Å². The van der Waals surface area contributed by atoms with E-state index in [1.165, 1.54) is 12.1 Å². The van der Waals surface area contributed by atoms with Crippen molar-refractivity contribution in [1.29, 1.82) is 0 Å². The Morgan fingerprint density at radius 3 is 2.00 bits per heavy atom. The van der Waals surface area contributed by atoms with Crippen LogP contribution in [-0.4, -0.2) is 18.2 Å². The van der Waals surface area contributed by atoms with Crippen LogP contribution in [0.5, 0.6) is 0 Å². The van der Waals surface area contributed by atoms with Gasteiger partial charge in [0.25, 0.3) is 0 Å². The molecule has 0 radical (unpaired) electrons. The number of alkyl halides is 3. The number of piperidine rings is 1. The molecule has 3 atom stereocenters. The second-order valence-electron chi connectivity index (χ2n) is 5.36. The van der Waals surface area contributed by atoms with Crippen LogP contribution >= 0.6 is 0 Å². The second-order valence-corrected chi connectivity index (χ2v) is 5.36. The first-order chi connectivity index (χ1) is 8.76. The largest absolute Gasteiger partial charge is 0.416 e. The molecule has 5 heteroatoms. The highest BCUT2D eigenvalue weighted by molar-refractivity contribution is 5.30. The summed E-state index contributed by atoms with van der Waals surface area (Å²) in [5.74, 6) is -0.0963. The fraction of sp³-hybridized carbons (Fsp3) is 0.571. The smallest absolute Gasteiger partial charge is 0.385 e. The molecule has 0 aliphatic carbocycles. The number of halogens is 3. The van der Waals surface area contributed by atoms with Crippen molar-refractivity contribution in [3.05, 3.63) is 35.4 Å². The topological polar surface area (TPSA) is 32.3 Å². The summed E-state index contributed by atoms with van der Waals surface area (Å²) in [4.78, 5) is 0. The van der Waals surface area contributed by atoms with E-state index in [0.29, 0.717) is 18.7 Å². The van der Waals surface area contributed by atoms with Gasteiger partial charge in [0, 0.05) is 24.9 Å². The Morgan fingerprint density at radius 1 is 1.11 bits per heavy atom. The molecule has 0 unspecified atom stereocenters. The van der Waals surface area contributed by atoms with Crippen LogP contribution in [0.1, 0.15) is 25.0 Å². The van der Waals surface area contributed by atoms with Crippen LogP contribution in [0.3, 0.4) is 0 Å². The van der Waals surface area contributed by atoms with E-state index in [2.05, 4.69) is 5.32 Å². The minimum Gasteiger partial charge on any atom is -0.385 e. The van der Waals surface area contributed by atoms with E-state index in [1.807, 2.05) is 13.8 Å². The zero-order valence-corrected chi connectivity index (χ0v) is 11.0. The Kier molecular flexibility index (Phi) is 3.62. The van der Waals surface area contributed by atoms with E-state index in [9.17, 15) is 18.3 Å². The summed E-state index contributed by atoms with van der Waals surface area (Å²) in [6.07, 6.45) is -4.34. The van der Waals surface area contributed by atoms with Crippen LogP contribution in [0.4, 0.5) is 13.2 Å². The van der Waals surface area contributed by atoms with Gasteiger partial charge < -0.3 is 10.4 Å². The lowest BCUT2D eigenvalue weighted by Crippen LogP contribution is -2.52. The number of aliphatic hydroxyl groups is 1. The van der Waals surface area contributed by atoms with Crippen molar-refractivity contribution in [1.82, 2.24) is 5.32 Å². The van der Waals surface area contributed by atoms with Gasteiger partial charge >= 0.3 is 6.18 Å². The summed E-state index contributed by atoms with van der Waals surface area (Å²) in [5, 5.41) is 14.1. The first-order valence-electron chi connectivity index (χ1n) is 6.37. The Hall–Kier alpha value is -1.07. The van der Waals surface area contributed by atoms with E-state index in [0.717, 1.165) is 12.1 Å². The lowest BCUT2D eigenvalue weighted by atomic mass is 9.71. The molecule has 2 N–H and O–H groups in total. The fourth-order valence-corrected chi connectivity index (χ4v) is 2.81. The lowest BCUT2D eigenvalue weighted by molar-refractivity contribution is -0.137. The summed E-state index contributed by atoms with van der Waals surface area (Å²) in [6.45, 7) is 5.12. The molecule has 1 aliphatic rings. The molecule has 2 nitrogen and oxygen atoms in total. The van der Waals surface area contributed by atoms with Gasteiger partial charge in [-0.15, -0.1) is 0 Å². The van der Waals surface area contributed by atoms with Crippen LogP contribution in [0.25, 0.3) is 0 Å². The molecule has 1 aromatic rings. The van der Waals surface area contributed by atoms with Gasteiger partial charge in [0.1, 0.15) is 0 Å². The third kappa shape index (κ3) is 2.49. The highest BCUT2D eigenvalue weighted by atomic mass is 19.4. The molecule has 2 rings (SSSR count). The highest BCUT2D eigenvalue weighted by Gasteiger charge is 2.43. The maximum atomic E-state index is 12.5. The average Bonchev–Trinajstić information content (AvgIpc) is 2.35. The third-order valence-corrected chi connectivity index (χ3v) is 4.08. The van der Waals surface area contributed by atoms with Crippen molar-refractivity contribution < 1.29 is 18.3 Å². The number of nitrogens with one attached hydrogen (secondary N) is 1. The first kappa shape index (κ1) is 14.3. The molecular formula is C14H18F3NO. The monoisotopic (exact) mass is 273 g/mol. The Labute approximate surface area is 110 Å². The van der Waals surface area contributed by atoms with Gasteiger partial charge in [0.2, 0.25) is 0 Å². The molecule has 19 heavy (non-hydrogen) atoms. The SMILES string of the molecule is C[C@@H]1CNC[C@H](C)[C@]1(O)c1ccc(C(F)(F)F)cc1. The van der Waals surface area contributed by atoms with Gasteiger partial charge in [0.15, 0.2) is 0 Å². The Morgan fingerprint density at radius 2 is 1.58 bits per heavy atom. The van der Waals surface area contributed by atoms with Crippen molar-refractivity contribution in [3.8, 4) is 0 Å². The van der Waals surface area contributed by atoms with Gasteiger partial charge in [0.05, 0.1) is 11.2 Å². The number of hydrogen-bond donors (Lipinski definition) is 2. The molecule has 1 aromatic carbocycles. The molecule has 1 heterocycles. The first-order valence-corrected chi connectivity index (χ1v) is 6.37. The molecule has 1 aliphatic heterocycles. The van der Waals surface area contributed by atoms with Crippen LogP contribution in [0.2, 0.25) is 0 Å². The summed E-state index contributed by atoms with van der Waals surface area (Å²) >= 11 is 0. The van der Waals surface area contributed by atoms with E-state index < -0.39 is 17.3 Å². The number of hydrogen-bond acceptors (Lipinski definition) is 2. The summed E-state index contributed by atoms with van der Waals surface area (Å²) in [5.41, 5.74) is -1.20. The molecule has 1 fully saturated rings. The van der Waals surface area contributed by atoms with Crippen molar-refractivity contribution in [2.45, 2.75) is 25.6 Å². The number of benzene rings is 1. The molecular weight excluding hydrogens is 255 g/mol. The normalized spacial score (nSPS) is 32.3. The Bertz CT molecular complexity index is 431. The zero-order chi connectivity index (χ0) is 14.3. The predicted molar refractivity (Wildman–Crippen MR) is 66.5 cm³/mol. The van der Waals surface area contributed by atoms with E-state index in [-0.39, 0.29) is 11.8 Å². The minimum atomic E-state index is -4.34. The van der Waals surface area contributed by atoms with Gasteiger partial charge in [-0.2, -0.15) is 13.2 Å². The highest BCUT2D eigenvalue weighted by Crippen LogP contribution is 2.40. The molecule has 0 spiro atoms. The van der Waals surface area contributed by atoms with E-state index >= 15 is 0 Å². The van der Waals surface area contributed by atoms with Crippen LogP contribution in [0.15, 0.2) is 24.3 Å². The van der Waals surface area contributed by atoms with Gasteiger partial charge in [-0.3, -0.25) is 0 Å².